The van der Waals surface area contributed by atoms with Gasteiger partial charge in [0.05, 0.1) is 0 Å². The highest BCUT2D eigenvalue weighted by molar-refractivity contribution is 6.32. The summed E-state index contributed by atoms with van der Waals surface area (Å²) in [5.74, 6) is -0.664. The normalized spacial score (nSPS) is 10.4. The van der Waals surface area contributed by atoms with Gasteiger partial charge < -0.3 is 16.0 Å². The zero-order valence-electron chi connectivity index (χ0n) is 21.6. The Labute approximate surface area is 223 Å². The molecule has 4 aromatic rings. The molecule has 4 aromatic carbocycles. The average Bonchev–Trinajstić information content (AvgIpc) is 2.95. The van der Waals surface area contributed by atoms with E-state index in [4.69, 9.17) is 0 Å². The zero-order valence-corrected chi connectivity index (χ0v) is 21.6. The molecule has 7 heteroatoms. The number of hydrogen-bond donors (Lipinski definition) is 3. The maximum Gasteiger partial charge on any atom is 0.255 e. The largest absolute Gasteiger partial charge is 0.322 e. The van der Waals surface area contributed by atoms with E-state index in [2.05, 4.69) is 29.7 Å². The predicted octanol–water partition coefficient (Wildman–Crippen LogP) is 5.99. The number of benzene rings is 4. The van der Waals surface area contributed by atoms with Crippen molar-refractivity contribution in [3.8, 4) is 0 Å². The van der Waals surface area contributed by atoms with Gasteiger partial charge in [0.2, 0.25) is 0 Å². The molecule has 38 heavy (non-hydrogen) atoms. The van der Waals surface area contributed by atoms with Crippen LogP contribution < -0.4 is 16.0 Å². The summed E-state index contributed by atoms with van der Waals surface area (Å²) in [5, 5.41) is 8.57. The van der Waals surface area contributed by atoms with Crippen molar-refractivity contribution >= 4 is 42.1 Å². The Hall–Kier alpha value is -4.65. The van der Waals surface area contributed by atoms with Crippen molar-refractivity contribution in [3.63, 3.8) is 0 Å². The summed E-state index contributed by atoms with van der Waals surface area (Å²) in [6, 6.07) is 28.7. The van der Waals surface area contributed by atoms with Crippen molar-refractivity contribution in [1.82, 2.24) is 0 Å². The molecule has 0 aliphatic rings. The van der Waals surface area contributed by atoms with Crippen LogP contribution >= 0.6 is 0 Å². The molecule has 0 aromatic heterocycles. The van der Waals surface area contributed by atoms with Crippen molar-refractivity contribution in [2.24, 2.45) is 0 Å². The first-order chi connectivity index (χ1) is 18.4. The molecule has 3 amide bonds. The second kappa shape index (κ2) is 12.5. The Bertz CT molecular complexity index is 1400. The van der Waals surface area contributed by atoms with E-state index in [1.165, 1.54) is 11.1 Å². The molecule has 190 valence electrons. The summed E-state index contributed by atoms with van der Waals surface area (Å²) in [4.78, 5) is 37.7. The van der Waals surface area contributed by atoms with Gasteiger partial charge in [-0.05, 0) is 84.8 Å². The van der Waals surface area contributed by atoms with Crippen LogP contribution in [0.1, 0.15) is 49.1 Å². The highest BCUT2D eigenvalue weighted by Gasteiger charge is 2.10. The third-order valence-corrected chi connectivity index (χ3v) is 6.18. The Morgan fingerprint density at radius 2 is 0.842 bits per heavy atom. The van der Waals surface area contributed by atoms with E-state index in [1.54, 1.807) is 60.7 Å². The minimum Gasteiger partial charge on any atom is -0.322 e. The third-order valence-electron chi connectivity index (χ3n) is 6.18. The van der Waals surface area contributed by atoms with Crippen molar-refractivity contribution in [2.75, 3.05) is 16.0 Å². The van der Waals surface area contributed by atoms with Crippen molar-refractivity contribution < 1.29 is 14.4 Å². The van der Waals surface area contributed by atoms with Gasteiger partial charge in [0.25, 0.3) is 17.7 Å². The predicted molar refractivity (Wildman–Crippen MR) is 156 cm³/mol. The SMILES string of the molecule is CBCc1ccc(C(=O)Nc2ccc(NC(=O)c3ccc(NC(=O)c4ccc(CC)cc4)cc3)cc2)cc1. The van der Waals surface area contributed by atoms with E-state index in [9.17, 15) is 14.4 Å². The molecule has 0 aliphatic heterocycles. The molecular weight excluding hydrogens is 473 g/mol. The quantitative estimate of drug-likeness (QED) is 0.245. The van der Waals surface area contributed by atoms with Crippen molar-refractivity contribution in [1.29, 1.82) is 0 Å². The molecule has 0 heterocycles. The number of nitrogens with one attached hydrogen (secondary N) is 3. The lowest BCUT2D eigenvalue weighted by atomic mass is 9.75. The number of rotatable bonds is 9. The van der Waals surface area contributed by atoms with Gasteiger partial charge in [-0.15, -0.1) is 0 Å². The highest BCUT2D eigenvalue weighted by atomic mass is 16.2. The molecule has 0 bridgehead atoms. The zero-order chi connectivity index (χ0) is 26.9. The standard InChI is InChI=1S/C31H30BN3O3/c1-3-21-4-8-23(9-5-21)29(36)33-26-14-12-25(13-15-26)31(38)35-28-18-16-27(17-19-28)34-30(37)24-10-6-22(7-11-24)20-32-2/h4-19,32H,3,20H2,1-2H3,(H,33,36)(H,34,37)(H,35,38). The molecule has 0 unspecified atom stereocenters. The van der Waals surface area contributed by atoms with Crippen molar-refractivity contribution in [2.45, 2.75) is 26.5 Å². The minimum atomic E-state index is -0.276. The first-order valence-electron chi connectivity index (χ1n) is 12.8. The summed E-state index contributed by atoms with van der Waals surface area (Å²) in [5.41, 5.74) is 5.85. The van der Waals surface area contributed by atoms with Gasteiger partial charge in [-0.25, -0.2) is 0 Å². The molecule has 6 nitrogen and oxygen atoms in total. The maximum atomic E-state index is 12.7. The van der Waals surface area contributed by atoms with Gasteiger partial charge in [0.1, 0.15) is 7.28 Å². The average molecular weight is 503 g/mol. The van der Waals surface area contributed by atoms with Crippen molar-refractivity contribution in [3.05, 3.63) is 125 Å². The fourth-order valence-corrected chi connectivity index (χ4v) is 3.95. The lowest BCUT2D eigenvalue weighted by Gasteiger charge is -2.10. The highest BCUT2D eigenvalue weighted by Crippen LogP contribution is 2.18. The lowest BCUT2D eigenvalue weighted by molar-refractivity contribution is 0.101. The van der Waals surface area contributed by atoms with Crippen LogP contribution in [0.25, 0.3) is 0 Å². The molecule has 0 fully saturated rings. The van der Waals surface area contributed by atoms with Gasteiger partial charge in [0, 0.05) is 33.8 Å². The number of carbonyl (C=O) groups excluding carboxylic acids is 3. The molecule has 0 saturated heterocycles. The minimum absolute atomic E-state index is 0.185. The van der Waals surface area contributed by atoms with Crippen LogP contribution in [0.15, 0.2) is 97.1 Å². The molecule has 0 radical (unpaired) electrons. The van der Waals surface area contributed by atoms with Gasteiger partial charge in [-0.1, -0.05) is 49.9 Å². The van der Waals surface area contributed by atoms with E-state index in [1.807, 2.05) is 36.4 Å². The van der Waals surface area contributed by atoms with Gasteiger partial charge in [-0.3, -0.25) is 14.4 Å². The number of hydrogen-bond acceptors (Lipinski definition) is 3. The number of carbonyl (C=O) groups is 3. The van der Waals surface area contributed by atoms with Gasteiger partial charge in [-0.2, -0.15) is 0 Å². The molecular formula is C31H30BN3O3. The first kappa shape index (κ1) is 26.4. The molecule has 0 spiro atoms. The third kappa shape index (κ3) is 6.98. The monoisotopic (exact) mass is 503 g/mol. The van der Waals surface area contributed by atoms with Crippen LogP contribution in [0.3, 0.4) is 0 Å². The van der Waals surface area contributed by atoms with E-state index >= 15 is 0 Å². The topological polar surface area (TPSA) is 87.3 Å². The Kier molecular flexibility index (Phi) is 8.72. The molecule has 0 atom stereocenters. The molecule has 0 saturated carbocycles. The van der Waals surface area contributed by atoms with Crippen LogP contribution in [0.4, 0.5) is 17.1 Å². The fraction of sp³-hybridized carbons (Fsp3) is 0.129. The van der Waals surface area contributed by atoms with Crippen LogP contribution in [0, 0.1) is 0 Å². The number of amides is 3. The summed E-state index contributed by atoms with van der Waals surface area (Å²) < 4.78 is 0. The van der Waals surface area contributed by atoms with E-state index in [0.717, 1.165) is 20.0 Å². The molecule has 3 N–H and O–H groups in total. The maximum absolute atomic E-state index is 12.7. The van der Waals surface area contributed by atoms with E-state index < -0.39 is 0 Å². The number of aryl methyl sites for hydroxylation is 1. The van der Waals surface area contributed by atoms with E-state index in [-0.39, 0.29) is 17.7 Å². The summed E-state index contributed by atoms with van der Waals surface area (Å²) in [7, 11) is 1.06. The van der Waals surface area contributed by atoms with Crippen LogP contribution in [0.2, 0.25) is 6.82 Å². The summed E-state index contributed by atoms with van der Waals surface area (Å²) in [6.45, 7) is 4.19. The fourth-order valence-electron chi connectivity index (χ4n) is 3.95. The molecule has 0 aliphatic carbocycles. The summed E-state index contributed by atoms with van der Waals surface area (Å²) in [6.07, 6.45) is 1.91. The first-order valence-corrected chi connectivity index (χ1v) is 12.8. The second-order valence-electron chi connectivity index (χ2n) is 9.01. The van der Waals surface area contributed by atoms with E-state index in [0.29, 0.717) is 33.8 Å². The van der Waals surface area contributed by atoms with Crippen LogP contribution in [-0.4, -0.2) is 25.0 Å². The Morgan fingerprint density at radius 3 is 1.18 bits per heavy atom. The van der Waals surface area contributed by atoms with Gasteiger partial charge in [0.15, 0.2) is 0 Å². The lowest BCUT2D eigenvalue weighted by Crippen LogP contribution is -2.14. The smallest absolute Gasteiger partial charge is 0.255 e. The number of anilines is 3. The Morgan fingerprint density at radius 1 is 0.526 bits per heavy atom. The Balaban J connectivity index is 1.30. The molecule has 4 rings (SSSR count). The van der Waals surface area contributed by atoms with Crippen LogP contribution in [-0.2, 0) is 12.7 Å². The second-order valence-corrected chi connectivity index (χ2v) is 9.01. The van der Waals surface area contributed by atoms with Gasteiger partial charge >= 0.3 is 0 Å². The summed E-state index contributed by atoms with van der Waals surface area (Å²) >= 11 is 0. The van der Waals surface area contributed by atoms with Crippen LogP contribution in [0.5, 0.6) is 0 Å².